The molecule has 3 unspecified atom stereocenters. The molecule has 0 radical (unpaired) electrons. The Kier molecular flexibility index (Phi) is 4.12. The molecular weight excluding hydrogens is 220 g/mol. The molecule has 1 fully saturated rings. The van der Waals surface area contributed by atoms with Crippen molar-refractivity contribution in [1.29, 1.82) is 0 Å². The minimum Gasteiger partial charge on any atom is -0.392 e. The Morgan fingerprint density at radius 2 is 2.24 bits per heavy atom. The molecule has 5 nitrogen and oxygen atoms in total. The Hall–Kier alpha value is -0.940. The van der Waals surface area contributed by atoms with E-state index in [9.17, 15) is 5.11 Å². The molecule has 1 aromatic heterocycles. The van der Waals surface area contributed by atoms with Gasteiger partial charge in [0.1, 0.15) is 6.10 Å². The molecule has 1 aromatic rings. The number of ether oxygens (including phenoxy) is 1. The SMILES string of the molecule is CCOC(C)c1noc(C2CCCCC2O)n1. The highest BCUT2D eigenvalue weighted by Gasteiger charge is 2.30. The summed E-state index contributed by atoms with van der Waals surface area (Å²) < 4.78 is 10.6. The van der Waals surface area contributed by atoms with E-state index < -0.39 is 0 Å². The molecule has 17 heavy (non-hydrogen) atoms. The summed E-state index contributed by atoms with van der Waals surface area (Å²) in [7, 11) is 0. The van der Waals surface area contributed by atoms with E-state index in [-0.39, 0.29) is 18.1 Å². The molecule has 0 saturated heterocycles. The average Bonchev–Trinajstić information content (AvgIpc) is 2.79. The number of aliphatic hydroxyl groups is 1. The first-order chi connectivity index (χ1) is 8.22. The summed E-state index contributed by atoms with van der Waals surface area (Å²) in [6, 6.07) is 0. The predicted molar refractivity (Wildman–Crippen MR) is 61.6 cm³/mol. The van der Waals surface area contributed by atoms with Gasteiger partial charge in [0, 0.05) is 6.61 Å². The summed E-state index contributed by atoms with van der Waals surface area (Å²) in [5.41, 5.74) is 0. The van der Waals surface area contributed by atoms with Crippen molar-refractivity contribution >= 4 is 0 Å². The van der Waals surface area contributed by atoms with Crippen LogP contribution in [0, 0.1) is 0 Å². The molecule has 3 atom stereocenters. The Morgan fingerprint density at radius 1 is 1.47 bits per heavy atom. The van der Waals surface area contributed by atoms with Gasteiger partial charge < -0.3 is 14.4 Å². The molecule has 1 saturated carbocycles. The van der Waals surface area contributed by atoms with Crippen LogP contribution in [0.4, 0.5) is 0 Å². The van der Waals surface area contributed by atoms with Gasteiger partial charge in [-0.25, -0.2) is 0 Å². The molecule has 0 aliphatic heterocycles. The van der Waals surface area contributed by atoms with Crippen LogP contribution < -0.4 is 0 Å². The fourth-order valence-corrected chi connectivity index (χ4v) is 2.29. The minimum atomic E-state index is -0.348. The maximum absolute atomic E-state index is 9.91. The van der Waals surface area contributed by atoms with E-state index in [4.69, 9.17) is 9.26 Å². The highest BCUT2D eigenvalue weighted by Crippen LogP contribution is 2.32. The maximum atomic E-state index is 9.91. The molecule has 0 amide bonds. The van der Waals surface area contributed by atoms with Crippen molar-refractivity contribution in [3.8, 4) is 0 Å². The van der Waals surface area contributed by atoms with Crippen molar-refractivity contribution in [2.45, 2.75) is 57.7 Å². The number of aliphatic hydroxyl groups excluding tert-OH is 1. The summed E-state index contributed by atoms with van der Waals surface area (Å²) >= 11 is 0. The molecule has 1 N–H and O–H groups in total. The van der Waals surface area contributed by atoms with E-state index in [0.717, 1.165) is 25.7 Å². The lowest BCUT2D eigenvalue weighted by molar-refractivity contribution is 0.0682. The van der Waals surface area contributed by atoms with Gasteiger partial charge in [-0.05, 0) is 26.7 Å². The molecule has 1 aliphatic carbocycles. The van der Waals surface area contributed by atoms with Crippen LogP contribution in [0.2, 0.25) is 0 Å². The van der Waals surface area contributed by atoms with E-state index in [1.807, 2.05) is 13.8 Å². The van der Waals surface area contributed by atoms with Gasteiger partial charge >= 0.3 is 0 Å². The number of hydrogen-bond acceptors (Lipinski definition) is 5. The Bertz CT molecular complexity index is 353. The van der Waals surface area contributed by atoms with Crippen LogP contribution in [-0.4, -0.2) is 28.0 Å². The quantitative estimate of drug-likeness (QED) is 0.873. The molecule has 96 valence electrons. The Balaban J connectivity index is 2.06. The van der Waals surface area contributed by atoms with Crippen LogP contribution in [0.15, 0.2) is 4.52 Å². The lowest BCUT2D eigenvalue weighted by Crippen LogP contribution is -2.22. The third-order valence-corrected chi connectivity index (χ3v) is 3.28. The highest BCUT2D eigenvalue weighted by atomic mass is 16.5. The second-order valence-corrected chi connectivity index (χ2v) is 4.55. The molecule has 5 heteroatoms. The number of nitrogens with zero attached hydrogens (tertiary/aromatic N) is 2. The van der Waals surface area contributed by atoms with Gasteiger partial charge in [0.2, 0.25) is 5.89 Å². The molecule has 2 rings (SSSR count). The van der Waals surface area contributed by atoms with Crippen molar-refractivity contribution < 1.29 is 14.4 Å². The molecule has 0 spiro atoms. The van der Waals surface area contributed by atoms with Crippen LogP contribution in [0.1, 0.15) is 63.3 Å². The van der Waals surface area contributed by atoms with Crippen LogP contribution in [0.25, 0.3) is 0 Å². The average molecular weight is 240 g/mol. The molecule has 0 aromatic carbocycles. The second-order valence-electron chi connectivity index (χ2n) is 4.55. The summed E-state index contributed by atoms with van der Waals surface area (Å²) in [5.74, 6) is 1.12. The fourth-order valence-electron chi connectivity index (χ4n) is 2.29. The standard InChI is InChI=1S/C12H20N2O3/c1-3-16-8(2)11-13-12(17-14-11)9-6-4-5-7-10(9)15/h8-10,15H,3-7H2,1-2H3. The lowest BCUT2D eigenvalue weighted by Gasteiger charge is -2.24. The monoisotopic (exact) mass is 240 g/mol. The third kappa shape index (κ3) is 2.84. The van der Waals surface area contributed by atoms with Gasteiger partial charge in [0.05, 0.1) is 12.0 Å². The second kappa shape index (κ2) is 5.60. The number of aromatic nitrogens is 2. The van der Waals surface area contributed by atoms with Crippen molar-refractivity contribution in [2.24, 2.45) is 0 Å². The fraction of sp³-hybridized carbons (Fsp3) is 0.833. The minimum absolute atomic E-state index is 0.00109. The number of hydrogen-bond donors (Lipinski definition) is 1. The van der Waals surface area contributed by atoms with Crippen molar-refractivity contribution in [1.82, 2.24) is 10.1 Å². The van der Waals surface area contributed by atoms with Gasteiger partial charge in [0.15, 0.2) is 5.82 Å². The zero-order valence-electron chi connectivity index (χ0n) is 10.4. The zero-order chi connectivity index (χ0) is 12.3. The molecule has 0 bridgehead atoms. The lowest BCUT2D eigenvalue weighted by atomic mass is 9.86. The summed E-state index contributed by atoms with van der Waals surface area (Å²) in [4.78, 5) is 4.34. The zero-order valence-corrected chi connectivity index (χ0v) is 10.4. The van der Waals surface area contributed by atoms with E-state index in [2.05, 4.69) is 10.1 Å². The maximum Gasteiger partial charge on any atom is 0.232 e. The molecular formula is C12H20N2O3. The van der Waals surface area contributed by atoms with E-state index in [0.29, 0.717) is 18.3 Å². The summed E-state index contributed by atoms with van der Waals surface area (Å²) in [6.07, 6.45) is 3.43. The van der Waals surface area contributed by atoms with Crippen LogP contribution in [-0.2, 0) is 4.74 Å². The van der Waals surface area contributed by atoms with Crippen LogP contribution in [0.3, 0.4) is 0 Å². The smallest absolute Gasteiger partial charge is 0.232 e. The van der Waals surface area contributed by atoms with Crippen LogP contribution in [0.5, 0.6) is 0 Å². The van der Waals surface area contributed by atoms with Crippen molar-refractivity contribution in [2.75, 3.05) is 6.61 Å². The van der Waals surface area contributed by atoms with Gasteiger partial charge in [-0.15, -0.1) is 0 Å². The van der Waals surface area contributed by atoms with Gasteiger partial charge in [0.25, 0.3) is 0 Å². The normalized spacial score (nSPS) is 27.0. The van der Waals surface area contributed by atoms with E-state index in [1.54, 1.807) is 0 Å². The van der Waals surface area contributed by atoms with Crippen LogP contribution >= 0.6 is 0 Å². The van der Waals surface area contributed by atoms with E-state index in [1.165, 1.54) is 0 Å². The number of rotatable bonds is 4. The highest BCUT2D eigenvalue weighted by molar-refractivity contribution is 5.00. The first-order valence-electron chi connectivity index (χ1n) is 6.35. The first kappa shape index (κ1) is 12.5. The topological polar surface area (TPSA) is 68.4 Å². The van der Waals surface area contributed by atoms with Gasteiger partial charge in [-0.3, -0.25) is 0 Å². The summed E-state index contributed by atoms with van der Waals surface area (Å²) in [6.45, 7) is 4.45. The predicted octanol–water partition coefficient (Wildman–Crippen LogP) is 2.19. The van der Waals surface area contributed by atoms with Crippen molar-refractivity contribution in [3.05, 3.63) is 11.7 Å². The van der Waals surface area contributed by atoms with Crippen molar-refractivity contribution in [3.63, 3.8) is 0 Å². The first-order valence-corrected chi connectivity index (χ1v) is 6.35. The van der Waals surface area contributed by atoms with Gasteiger partial charge in [-0.2, -0.15) is 4.98 Å². The third-order valence-electron chi connectivity index (χ3n) is 3.28. The van der Waals surface area contributed by atoms with E-state index >= 15 is 0 Å². The Labute approximate surface area is 101 Å². The summed E-state index contributed by atoms with van der Waals surface area (Å²) in [5, 5.41) is 13.8. The largest absolute Gasteiger partial charge is 0.392 e. The molecule has 1 aliphatic rings. The van der Waals surface area contributed by atoms with Gasteiger partial charge in [-0.1, -0.05) is 18.0 Å². The molecule has 1 heterocycles. The Morgan fingerprint density at radius 3 is 2.94 bits per heavy atom.